The molecule has 0 aromatic heterocycles. The van der Waals surface area contributed by atoms with E-state index in [0.717, 1.165) is 25.1 Å². The van der Waals surface area contributed by atoms with Gasteiger partial charge in [0.15, 0.2) is 0 Å². The molecule has 0 aliphatic rings. The summed E-state index contributed by atoms with van der Waals surface area (Å²) in [6.45, 7) is 7.42. The molecule has 0 amide bonds. The van der Waals surface area contributed by atoms with Crippen molar-refractivity contribution in [2.45, 2.75) is 44.6 Å². The van der Waals surface area contributed by atoms with Crippen molar-refractivity contribution in [2.24, 2.45) is 0 Å². The zero-order valence-electron chi connectivity index (χ0n) is 13.3. The molecule has 5 nitrogen and oxygen atoms in total. The lowest BCUT2D eigenvalue weighted by Crippen LogP contribution is -2.32. The second-order valence-electron chi connectivity index (χ2n) is 5.01. The largest absolute Gasteiger partial charge is 0.497 e. The Kier molecular flexibility index (Phi) is 7.14. The Labute approximate surface area is 128 Å². The summed E-state index contributed by atoms with van der Waals surface area (Å²) in [5.74, 6) is 0.670. The van der Waals surface area contributed by atoms with E-state index < -0.39 is 10.0 Å². The SMILES string of the molecule is CCNCCc1cc(OC)ccc1S(=O)(=O)NC(C)CC. The predicted octanol–water partition coefficient (Wildman–Crippen LogP) is 1.92. The van der Waals surface area contributed by atoms with Crippen LogP contribution in [0.4, 0.5) is 0 Å². The molecule has 0 saturated heterocycles. The Morgan fingerprint density at radius 2 is 2.00 bits per heavy atom. The van der Waals surface area contributed by atoms with Gasteiger partial charge in [-0.2, -0.15) is 0 Å². The van der Waals surface area contributed by atoms with E-state index in [9.17, 15) is 8.42 Å². The average molecular weight is 314 g/mol. The maximum Gasteiger partial charge on any atom is 0.241 e. The Balaban J connectivity index is 3.08. The van der Waals surface area contributed by atoms with Crippen molar-refractivity contribution in [1.29, 1.82) is 0 Å². The van der Waals surface area contributed by atoms with Gasteiger partial charge < -0.3 is 10.1 Å². The highest BCUT2D eigenvalue weighted by Crippen LogP contribution is 2.22. The fourth-order valence-corrected chi connectivity index (χ4v) is 3.53. The first kappa shape index (κ1) is 17.9. The van der Waals surface area contributed by atoms with Crippen LogP contribution in [-0.4, -0.2) is 34.7 Å². The van der Waals surface area contributed by atoms with Gasteiger partial charge >= 0.3 is 0 Å². The molecule has 0 spiro atoms. The lowest BCUT2D eigenvalue weighted by atomic mass is 10.1. The average Bonchev–Trinajstić information content (AvgIpc) is 2.46. The summed E-state index contributed by atoms with van der Waals surface area (Å²) in [5.41, 5.74) is 0.770. The van der Waals surface area contributed by atoms with Crippen LogP contribution < -0.4 is 14.8 Å². The molecule has 0 fully saturated rings. The third-order valence-electron chi connectivity index (χ3n) is 3.35. The zero-order valence-corrected chi connectivity index (χ0v) is 14.1. The van der Waals surface area contributed by atoms with Gasteiger partial charge in [0.1, 0.15) is 5.75 Å². The topological polar surface area (TPSA) is 67.4 Å². The van der Waals surface area contributed by atoms with Gasteiger partial charge in [-0.25, -0.2) is 13.1 Å². The van der Waals surface area contributed by atoms with Gasteiger partial charge in [-0.3, -0.25) is 0 Å². The van der Waals surface area contributed by atoms with Gasteiger partial charge in [-0.15, -0.1) is 0 Å². The second kappa shape index (κ2) is 8.36. The minimum atomic E-state index is -3.50. The molecule has 1 atom stereocenters. The van der Waals surface area contributed by atoms with E-state index in [1.54, 1.807) is 25.3 Å². The molecule has 0 aliphatic carbocycles. The molecule has 2 N–H and O–H groups in total. The monoisotopic (exact) mass is 314 g/mol. The standard InChI is InChI=1S/C15H26N2O3S/c1-5-12(3)17-21(18,19)15-8-7-14(20-4)11-13(15)9-10-16-6-2/h7-8,11-12,16-17H,5-6,9-10H2,1-4H3. The fraction of sp³-hybridized carbons (Fsp3) is 0.600. The zero-order chi connectivity index (χ0) is 15.9. The number of likely N-dealkylation sites (N-methyl/N-ethyl adjacent to an activating group) is 1. The number of hydrogen-bond donors (Lipinski definition) is 2. The summed E-state index contributed by atoms with van der Waals surface area (Å²) < 4.78 is 32.9. The number of rotatable bonds is 9. The second-order valence-corrected chi connectivity index (χ2v) is 6.69. The first-order valence-electron chi connectivity index (χ1n) is 7.34. The van der Waals surface area contributed by atoms with E-state index in [0.29, 0.717) is 17.1 Å². The van der Waals surface area contributed by atoms with E-state index in [1.165, 1.54) is 0 Å². The van der Waals surface area contributed by atoms with Crippen LogP contribution >= 0.6 is 0 Å². The normalized spacial score (nSPS) is 13.1. The Bertz CT molecular complexity index is 544. The molecular weight excluding hydrogens is 288 g/mol. The molecule has 21 heavy (non-hydrogen) atoms. The highest BCUT2D eigenvalue weighted by Gasteiger charge is 2.20. The molecule has 0 radical (unpaired) electrons. The van der Waals surface area contributed by atoms with Crippen molar-refractivity contribution in [3.05, 3.63) is 23.8 Å². The first-order valence-corrected chi connectivity index (χ1v) is 8.82. The lowest BCUT2D eigenvalue weighted by Gasteiger charge is -2.16. The Morgan fingerprint density at radius 1 is 1.29 bits per heavy atom. The number of ether oxygens (including phenoxy) is 1. The van der Waals surface area contributed by atoms with E-state index in [-0.39, 0.29) is 6.04 Å². The summed E-state index contributed by atoms with van der Waals surface area (Å²) >= 11 is 0. The third kappa shape index (κ3) is 5.30. The molecule has 1 unspecified atom stereocenters. The number of methoxy groups -OCH3 is 1. The van der Waals surface area contributed by atoms with Crippen LogP contribution in [0.1, 0.15) is 32.8 Å². The van der Waals surface area contributed by atoms with E-state index >= 15 is 0 Å². The minimum Gasteiger partial charge on any atom is -0.497 e. The molecule has 1 aromatic carbocycles. The van der Waals surface area contributed by atoms with Crippen LogP contribution in [0.2, 0.25) is 0 Å². The van der Waals surface area contributed by atoms with Crippen LogP contribution in [0, 0.1) is 0 Å². The molecule has 0 bridgehead atoms. The Hall–Kier alpha value is -1.11. The number of benzene rings is 1. The van der Waals surface area contributed by atoms with Gasteiger partial charge in [0.25, 0.3) is 0 Å². The van der Waals surface area contributed by atoms with Gasteiger partial charge in [0.05, 0.1) is 12.0 Å². The first-order chi connectivity index (χ1) is 9.94. The lowest BCUT2D eigenvalue weighted by molar-refractivity contribution is 0.413. The summed E-state index contributed by atoms with van der Waals surface area (Å²) in [5, 5.41) is 3.21. The molecule has 1 aromatic rings. The van der Waals surface area contributed by atoms with Crippen LogP contribution in [0.5, 0.6) is 5.75 Å². The van der Waals surface area contributed by atoms with Gasteiger partial charge in [-0.1, -0.05) is 13.8 Å². The van der Waals surface area contributed by atoms with E-state index in [2.05, 4.69) is 10.0 Å². The number of hydrogen-bond acceptors (Lipinski definition) is 4. The van der Waals surface area contributed by atoms with Crippen LogP contribution in [0.3, 0.4) is 0 Å². The van der Waals surface area contributed by atoms with Crippen molar-refractivity contribution in [3.63, 3.8) is 0 Å². The smallest absolute Gasteiger partial charge is 0.241 e. The molecule has 1 rings (SSSR count). The molecule has 0 saturated carbocycles. The van der Waals surface area contributed by atoms with E-state index in [4.69, 9.17) is 4.74 Å². The van der Waals surface area contributed by atoms with Gasteiger partial charge in [0, 0.05) is 6.04 Å². The van der Waals surface area contributed by atoms with E-state index in [1.807, 2.05) is 20.8 Å². The minimum absolute atomic E-state index is 0.0845. The molecule has 6 heteroatoms. The van der Waals surface area contributed by atoms with Gasteiger partial charge in [-0.05, 0) is 56.6 Å². The van der Waals surface area contributed by atoms with Crippen LogP contribution in [0.25, 0.3) is 0 Å². The third-order valence-corrected chi connectivity index (χ3v) is 5.04. The highest BCUT2D eigenvalue weighted by atomic mass is 32.2. The maximum atomic E-state index is 12.5. The quantitative estimate of drug-likeness (QED) is 0.683. The van der Waals surface area contributed by atoms with Crippen molar-refractivity contribution >= 4 is 10.0 Å². The highest BCUT2D eigenvalue weighted by molar-refractivity contribution is 7.89. The summed E-state index contributed by atoms with van der Waals surface area (Å²) in [4.78, 5) is 0.335. The molecular formula is C15H26N2O3S. The van der Waals surface area contributed by atoms with Crippen LogP contribution in [-0.2, 0) is 16.4 Å². The number of nitrogens with one attached hydrogen (secondary N) is 2. The summed E-state index contributed by atoms with van der Waals surface area (Å²) in [6, 6.07) is 5.01. The van der Waals surface area contributed by atoms with Crippen molar-refractivity contribution in [3.8, 4) is 5.75 Å². The van der Waals surface area contributed by atoms with Crippen molar-refractivity contribution in [1.82, 2.24) is 10.0 Å². The maximum absolute atomic E-state index is 12.5. The molecule has 0 heterocycles. The predicted molar refractivity (Wildman–Crippen MR) is 85.3 cm³/mol. The van der Waals surface area contributed by atoms with Crippen molar-refractivity contribution in [2.75, 3.05) is 20.2 Å². The fourth-order valence-electron chi connectivity index (χ4n) is 1.95. The number of sulfonamides is 1. The summed E-state index contributed by atoms with van der Waals surface area (Å²) in [6.07, 6.45) is 1.39. The van der Waals surface area contributed by atoms with Gasteiger partial charge in [0.2, 0.25) is 10.0 Å². The summed E-state index contributed by atoms with van der Waals surface area (Å²) in [7, 11) is -1.92. The molecule has 120 valence electrons. The molecule has 0 aliphatic heterocycles. The van der Waals surface area contributed by atoms with Crippen molar-refractivity contribution < 1.29 is 13.2 Å². The van der Waals surface area contributed by atoms with Crippen LogP contribution in [0.15, 0.2) is 23.1 Å². The Morgan fingerprint density at radius 3 is 2.57 bits per heavy atom.